The molecule has 25 heavy (non-hydrogen) atoms. The first-order valence-electron chi connectivity index (χ1n) is 9.05. The molecule has 0 spiro atoms. The molecule has 0 amide bonds. The Morgan fingerprint density at radius 1 is 0.920 bits per heavy atom. The highest BCUT2D eigenvalue weighted by molar-refractivity contribution is 5.27. The Morgan fingerprint density at radius 2 is 1.60 bits per heavy atom. The Morgan fingerprint density at radius 3 is 2.32 bits per heavy atom. The van der Waals surface area contributed by atoms with Gasteiger partial charge in [0.25, 0.3) is 0 Å². The fourth-order valence-corrected chi connectivity index (χ4v) is 3.38. The van der Waals surface area contributed by atoms with Crippen LogP contribution in [-0.4, -0.2) is 54.7 Å². The SMILES string of the molecule is COc1ccc(CN2CCCN(C[C@H](O)c3ccccc3)CC2)cc1. The van der Waals surface area contributed by atoms with Crippen LogP contribution in [0.3, 0.4) is 0 Å². The summed E-state index contributed by atoms with van der Waals surface area (Å²) in [6, 6.07) is 18.3. The highest BCUT2D eigenvalue weighted by Gasteiger charge is 2.18. The van der Waals surface area contributed by atoms with Crippen molar-refractivity contribution >= 4 is 0 Å². The average Bonchev–Trinajstić information content (AvgIpc) is 2.88. The van der Waals surface area contributed by atoms with Crippen molar-refractivity contribution in [2.45, 2.75) is 19.1 Å². The Hall–Kier alpha value is -1.88. The Labute approximate surface area is 150 Å². The molecule has 2 aromatic rings. The molecule has 1 N–H and O–H groups in total. The zero-order valence-electron chi connectivity index (χ0n) is 15.0. The van der Waals surface area contributed by atoms with Crippen LogP contribution in [0.15, 0.2) is 54.6 Å². The van der Waals surface area contributed by atoms with Crippen molar-refractivity contribution in [1.29, 1.82) is 0 Å². The van der Waals surface area contributed by atoms with Gasteiger partial charge in [-0.1, -0.05) is 42.5 Å². The van der Waals surface area contributed by atoms with E-state index in [2.05, 4.69) is 21.9 Å². The molecule has 0 unspecified atom stereocenters. The first-order chi connectivity index (χ1) is 12.2. The second-order valence-corrected chi connectivity index (χ2v) is 6.70. The summed E-state index contributed by atoms with van der Waals surface area (Å²) in [7, 11) is 1.70. The van der Waals surface area contributed by atoms with Gasteiger partial charge in [-0.3, -0.25) is 9.80 Å². The quantitative estimate of drug-likeness (QED) is 0.877. The number of ether oxygens (including phenoxy) is 1. The van der Waals surface area contributed by atoms with Gasteiger partial charge in [0.05, 0.1) is 13.2 Å². The van der Waals surface area contributed by atoms with Crippen molar-refractivity contribution in [2.24, 2.45) is 0 Å². The number of hydrogen-bond donors (Lipinski definition) is 1. The molecule has 0 radical (unpaired) electrons. The number of hydrogen-bond acceptors (Lipinski definition) is 4. The molecule has 2 aromatic carbocycles. The van der Waals surface area contributed by atoms with Gasteiger partial charge < -0.3 is 9.84 Å². The molecular weight excluding hydrogens is 312 g/mol. The summed E-state index contributed by atoms with van der Waals surface area (Å²) in [5.41, 5.74) is 2.32. The van der Waals surface area contributed by atoms with Crippen molar-refractivity contribution in [3.63, 3.8) is 0 Å². The van der Waals surface area contributed by atoms with E-state index in [4.69, 9.17) is 4.74 Å². The van der Waals surface area contributed by atoms with Gasteiger partial charge in [0.1, 0.15) is 5.75 Å². The second-order valence-electron chi connectivity index (χ2n) is 6.70. The molecule has 4 heteroatoms. The van der Waals surface area contributed by atoms with E-state index in [1.165, 1.54) is 5.56 Å². The summed E-state index contributed by atoms with van der Waals surface area (Å²) in [5.74, 6) is 0.903. The van der Waals surface area contributed by atoms with Gasteiger partial charge in [-0.15, -0.1) is 0 Å². The van der Waals surface area contributed by atoms with Gasteiger partial charge in [-0.05, 0) is 42.8 Å². The van der Waals surface area contributed by atoms with Gasteiger partial charge in [-0.25, -0.2) is 0 Å². The van der Waals surface area contributed by atoms with Crippen LogP contribution in [0.25, 0.3) is 0 Å². The third kappa shape index (κ3) is 5.30. The number of β-amino-alcohol motifs (C(OH)–C–C–N with tert-alkyl or cyclic N) is 1. The van der Waals surface area contributed by atoms with Crippen molar-refractivity contribution in [3.05, 3.63) is 65.7 Å². The van der Waals surface area contributed by atoms with Crippen molar-refractivity contribution in [1.82, 2.24) is 9.80 Å². The van der Waals surface area contributed by atoms with E-state index in [1.54, 1.807) is 7.11 Å². The van der Waals surface area contributed by atoms with E-state index in [0.29, 0.717) is 6.54 Å². The van der Waals surface area contributed by atoms with Crippen molar-refractivity contribution < 1.29 is 9.84 Å². The maximum absolute atomic E-state index is 10.4. The normalized spacial score (nSPS) is 17.8. The number of benzene rings is 2. The molecule has 0 bridgehead atoms. The van der Waals surface area contributed by atoms with E-state index in [0.717, 1.165) is 50.5 Å². The topological polar surface area (TPSA) is 35.9 Å². The predicted molar refractivity (Wildman–Crippen MR) is 101 cm³/mol. The molecule has 1 heterocycles. The molecule has 3 rings (SSSR count). The lowest BCUT2D eigenvalue weighted by Crippen LogP contribution is -2.33. The van der Waals surface area contributed by atoms with Gasteiger partial charge in [0, 0.05) is 26.2 Å². The van der Waals surface area contributed by atoms with E-state index in [9.17, 15) is 5.11 Å². The monoisotopic (exact) mass is 340 g/mol. The number of aliphatic hydroxyl groups excluding tert-OH is 1. The van der Waals surface area contributed by atoms with Crippen molar-refractivity contribution in [3.8, 4) is 5.75 Å². The van der Waals surface area contributed by atoms with E-state index >= 15 is 0 Å². The van der Waals surface area contributed by atoms with Crippen molar-refractivity contribution in [2.75, 3.05) is 39.8 Å². The fourth-order valence-electron chi connectivity index (χ4n) is 3.38. The van der Waals surface area contributed by atoms with Crippen LogP contribution in [0.4, 0.5) is 0 Å². The molecule has 134 valence electrons. The summed E-state index contributed by atoms with van der Waals surface area (Å²) in [6.07, 6.45) is 0.729. The Balaban J connectivity index is 1.50. The summed E-state index contributed by atoms with van der Waals surface area (Å²) >= 11 is 0. The maximum Gasteiger partial charge on any atom is 0.118 e. The molecule has 1 aliphatic heterocycles. The largest absolute Gasteiger partial charge is 0.497 e. The number of aliphatic hydroxyl groups is 1. The van der Waals surface area contributed by atoms with Crippen LogP contribution in [0.5, 0.6) is 5.75 Å². The third-order valence-corrected chi connectivity index (χ3v) is 4.86. The first-order valence-corrected chi connectivity index (χ1v) is 9.05. The lowest BCUT2D eigenvalue weighted by Gasteiger charge is -2.24. The predicted octanol–water partition coefficient (Wildman–Crippen LogP) is 2.94. The lowest BCUT2D eigenvalue weighted by atomic mass is 10.1. The van der Waals surface area contributed by atoms with Gasteiger partial charge in [0.15, 0.2) is 0 Å². The maximum atomic E-state index is 10.4. The van der Waals surface area contributed by atoms with E-state index < -0.39 is 6.10 Å². The van der Waals surface area contributed by atoms with Gasteiger partial charge >= 0.3 is 0 Å². The van der Waals surface area contributed by atoms with Crippen LogP contribution >= 0.6 is 0 Å². The highest BCUT2D eigenvalue weighted by Crippen LogP contribution is 2.17. The number of rotatable bonds is 6. The molecule has 4 nitrogen and oxygen atoms in total. The minimum atomic E-state index is -0.408. The standard InChI is InChI=1S/C21H28N2O2/c1-25-20-10-8-18(9-11-20)16-22-12-5-13-23(15-14-22)17-21(24)19-6-3-2-4-7-19/h2-4,6-11,21,24H,5,12-17H2,1H3/t21-/m0/s1. The summed E-state index contributed by atoms with van der Waals surface area (Å²) in [4.78, 5) is 4.88. The van der Waals surface area contributed by atoms with Crippen LogP contribution in [0, 0.1) is 0 Å². The molecule has 0 aromatic heterocycles. The second kappa shape index (κ2) is 8.99. The minimum Gasteiger partial charge on any atom is -0.497 e. The zero-order chi connectivity index (χ0) is 17.5. The molecule has 0 aliphatic carbocycles. The smallest absolute Gasteiger partial charge is 0.118 e. The van der Waals surface area contributed by atoms with Gasteiger partial charge in [-0.2, -0.15) is 0 Å². The first kappa shape index (κ1) is 17.9. The Kier molecular flexibility index (Phi) is 6.45. The van der Waals surface area contributed by atoms with Crippen LogP contribution in [-0.2, 0) is 6.54 Å². The zero-order valence-corrected chi connectivity index (χ0v) is 15.0. The molecule has 1 fully saturated rings. The molecule has 1 aliphatic rings. The molecule has 0 saturated carbocycles. The number of nitrogens with zero attached hydrogens (tertiary/aromatic N) is 2. The average molecular weight is 340 g/mol. The molecule has 1 atom stereocenters. The Bertz CT molecular complexity index is 630. The lowest BCUT2D eigenvalue weighted by molar-refractivity contribution is 0.114. The van der Waals surface area contributed by atoms with Crippen LogP contribution in [0.2, 0.25) is 0 Å². The summed E-state index contributed by atoms with van der Waals surface area (Å²) in [5, 5.41) is 10.4. The van der Waals surface area contributed by atoms with E-state index in [1.807, 2.05) is 42.5 Å². The molecular formula is C21H28N2O2. The minimum absolute atomic E-state index is 0.408. The summed E-state index contributed by atoms with van der Waals surface area (Å²) in [6.45, 7) is 5.86. The molecule has 1 saturated heterocycles. The number of methoxy groups -OCH3 is 1. The van der Waals surface area contributed by atoms with Crippen LogP contribution < -0.4 is 4.74 Å². The summed E-state index contributed by atoms with van der Waals surface area (Å²) < 4.78 is 5.22. The van der Waals surface area contributed by atoms with Crippen LogP contribution in [0.1, 0.15) is 23.7 Å². The highest BCUT2D eigenvalue weighted by atomic mass is 16.5. The van der Waals surface area contributed by atoms with Gasteiger partial charge in [0.2, 0.25) is 0 Å². The fraction of sp³-hybridized carbons (Fsp3) is 0.429. The third-order valence-electron chi connectivity index (χ3n) is 4.86. The van der Waals surface area contributed by atoms with E-state index in [-0.39, 0.29) is 0 Å².